The van der Waals surface area contributed by atoms with E-state index < -0.39 is 0 Å². The summed E-state index contributed by atoms with van der Waals surface area (Å²) in [6, 6.07) is 0. The van der Waals surface area contributed by atoms with Gasteiger partial charge >= 0.3 is 0 Å². The van der Waals surface area contributed by atoms with Gasteiger partial charge in [-0.2, -0.15) is 0 Å². The Morgan fingerprint density at radius 3 is 2.50 bits per heavy atom. The summed E-state index contributed by atoms with van der Waals surface area (Å²) >= 11 is 0. The van der Waals surface area contributed by atoms with Gasteiger partial charge in [0, 0.05) is 33.6 Å². The van der Waals surface area contributed by atoms with Crippen LogP contribution in [0.1, 0.15) is 26.2 Å². The molecule has 0 bridgehead atoms. The molecule has 0 aromatic rings. The zero-order chi connectivity index (χ0) is 12.6. The lowest BCUT2D eigenvalue weighted by molar-refractivity contribution is -0.134. The summed E-state index contributed by atoms with van der Waals surface area (Å²) < 4.78 is 0. The lowest BCUT2D eigenvalue weighted by atomic mass is 10.0. The lowest BCUT2D eigenvalue weighted by Gasteiger charge is -2.22. The van der Waals surface area contributed by atoms with Gasteiger partial charge in [0.05, 0.1) is 5.92 Å². The van der Waals surface area contributed by atoms with Gasteiger partial charge in [-0.15, -0.1) is 0 Å². The van der Waals surface area contributed by atoms with E-state index >= 15 is 0 Å². The van der Waals surface area contributed by atoms with Crippen LogP contribution in [0.2, 0.25) is 0 Å². The van der Waals surface area contributed by atoms with Crippen LogP contribution in [0.3, 0.4) is 0 Å². The molecule has 0 aliphatic carbocycles. The van der Waals surface area contributed by atoms with Gasteiger partial charge in [-0.1, -0.05) is 13.3 Å². The molecule has 5 nitrogen and oxygen atoms in total. The normalized spacial score (nSPS) is 12.0. The molecule has 0 saturated carbocycles. The van der Waals surface area contributed by atoms with Gasteiger partial charge in [0.15, 0.2) is 0 Å². The highest BCUT2D eigenvalue weighted by atomic mass is 16.2. The molecule has 0 aliphatic rings. The first-order chi connectivity index (χ1) is 7.56. The second kappa shape index (κ2) is 8.10. The summed E-state index contributed by atoms with van der Waals surface area (Å²) in [6.45, 7) is 2.84. The number of nitrogens with two attached hydrogens (primary N) is 1. The molecular formula is C11H23N3O2. The number of nitrogens with one attached hydrogen (secondary N) is 1. The quantitative estimate of drug-likeness (QED) is 0.643. The highest BCUT2D eigenvalue weighted by Crippen LogP contribution is 2.08. The van der Waals surface area contributed by atoms with E-state index in [0.717, 1.165) is 12.8 Å². The highest BCUT2D eigenvalue weighted by molar-refractivity contribution is 5.80. The Hall–Kier alpha value is -1.10. The van der Waals surface area contributed by atoms with E-state index in [-0.39, 0.29) is 17.7 Å². The maximum absolute atomic E-state index is 11.9. The average molecular weight is 229 g/mol. The summed E-state index contributed by atoms with van der Waals surface area (Å²) in [4.78, 5) is 24.5. The molecule has 0 heterocycles. The monoisotopic (exact) mass is 229 g/mol. The van der Waals surface area contributed by atoms with Gasteiger partial charge in [-0.25, -0.2) is 0 Å². The molecule has 2 amide bonds. The summed E-state index contributed by atoms with van der Waals surface area (Å²) in [5.74, 6) is -0.132. The molecule has 0 spiro atoms. The van der Waals surface area contributed by atoms with Crippen LogP contribution < -0.4 is 11.1 Å². The first kappa shape index (κ1) is 14.9. The van der Waals surface area contributed by atoms with E-state index in [1.807, 2.05) is 6.92 Å². The minimum absolute atomic E-state index is 0.0354. The number of amides is 2. The van der Waals surface area contributed by atoms with E-state index in [0.29, 0.717) is 19.5 Å². The molecule has 16 heavy (non-hydrogen) atoms. The van der Waals surface area contributed by atoms with Crippen LogP contribution in [0.4, 0.5) is 0 Å². The molecule has 94 valence electrons. The number of hydrogen-bond donors (Lipinski definition) is 2. The number of carbonyl (C=O) groups excluding carboxylic acids is 2. The molecule has 3 N–H and O–H groups in total. The Morgan fingerprint density at radius 2 is 2.06 bits per heavy atom. The summed E-state index contributed by atoms with van der Waals surface area (Å²) in [5.41, 5.74) is 5.55. The Morgan fingerprint density at radius 1 is 1.44 bits per heavy atom. The van der Waals surface area contributed by atoms with Crippen LogP contribution in [0.25, 0.3) is 0 Å². The Bertz CT molecular complexity index is 231. The van der Waals surface area contributed by atoms with Crippen molar-refractivity contribution in [1.29, 1.82) is 0 Å². The number of nitrogens with zero attached hydrogens (tertiary/aromatic N) is 1. The van der Waals surface area contributed by atoms with Crippen molar-refractivity contribution in [1.82, 2.24) is 10.2 Å². The largest absolute Gasteiger partial charge is 0.359 e. The molecule has 0 aliphatic heterocycles. The van der Waals surface area contributed by atoms with Crippen LogP contribution in [-0.2, 0) is 9.59 Å². The van der Waals surface area contributed by atoms with Gasteiger partial charge in [0.2, 0.25) is 11.8 Å². The fraction of sp³-hybridized carbons (Fsp3) is 0.818. The molecule has 0 aromatic heterocycles. The number of rotatable bonds is 7. The van der Waals surface area contributed by atoms with E-state index in [2.05, 4.69) is 5.32 Å². The van der Waals surface area contributed by atoms with E-state index in [4.69, 9.17) is 5.73 Å². The Kier molecular flexibility index (Phi) is 7.54. The molecule has 0 saturated heterocycles. The minimum Gasteiger partial charge on any atom is -0.359 e. The molecular weight excluding hydrogens is 206 g/mol. The molecule has 0 aromatic carbocycles. The van der Waals surface area contributed by atoms with Crippen molar-refractivity contribution >= 4 is 11.8 Å². The van der Waals surface area contributed by atoms with Gasteiger partial charge < -0.3 is 16.0 Å². The predicted molar refractivity (Wildman–Crippen MR) is 63.8 cm³/mol. The first-order valence-corrected chi connectivity index (χ1v) is 5.72. The van der Waals surface area contributed by atoms with Crippen LogP contribution >= 0.6 is 0 Å². The van der Waals surface area contributed by atoms with Crippen molar-refractivity contribution in [3.63, 3.8) is 0 Å². The first-order valence-electron chi connectivity index (χ1n) is 5.72. The van der Waals surface area contributed by atoms with Crippen LogP contribution in [0.5, 0.6) is 0 Å². The fourth-order valence-corrected chi connectivity index (χ4v) is 1.51. The van der Waals surface area contributed by atoms with Gasteiger partial charge in [0.25, 0.3) is 0 Å². The minimum atomic E-state index is -0.111. The van der Waals surface area contributed by atoms with Crippen LogP contribution in [0.15, 0.2) is 0 Å². The van der Waals surface area contributed by atoms with Crippen molar-refractivity contribution in [2.45, 2.75) is 26.2 Å². The Balaban J connectivity index is 4.09. The lowest BCUT2D eigenvalue weighted by Crippen LogP contribution is -2.38. The molecule has 0 rings (SSSR count). The molecule has 5 heteroatoms. The standard InChI is InChI=1S/C11H23N3O2/c1-4-5-9(8-12)11(16)14(3)7-6-10(15)13-2/h9H,4-8,12H2,1-3H3,(H,13,15). The Labute approximate surface area is 97.4 Å². The van der Waals surface area contributed by atoms with Crippen molar-refractivity contribution in [3.05, 3.63) is 0 Å². The maximum Gasteiger partial charge on any atom is 0.226 e. The smallest absolute Gasteiger partial charge is 0.226 e. The third kappa shape index (κ3) is 5.11. The summed E-state index contributed by atoms with van der Waals surface area (Å²) in [5, 5.41) is 2.53. The number of hydrogen-bond acceptors (Lipinski definition) is 3. The highest BCUT2D eigenvalue weighted by Gasteiger charge is 2.19. The van der Waals surface area contributed by atoms with Gasteiger partial charge in [-0.05, 0) is 6.42 Å². The van der Waals surface area contributed by atoms with Crippen LogP contribution in [0, 0.1) is 5.92 Å². The van der Waals surface area contributed by atoms with Crippen molar-refractivity contribution in [3.8, 4) is 0 Å². The SMILES string of the molecule is CCCC(CN)C(=O)N(C)CCC(=O)NC. The summed E-state index contributed by atoms with van der Waals surface area (Å²) in [7, 11) is 3.30. The van der Waals surface area contributed by atoms with Gasteiger partial charge in [-0.3, -0.25) is 9.59 Å². The van der Waals surface area contributed by atoms with E-state index in [1.54, 1.807) is 19.0 Å². The third-order valence-electron chi connectivity index (χ3n) is 2.60. The second-order valence-electron chi connectivity index (χ2n) is 3.90. The molecule has 1 unspecified atom stereocenters. The zero-order valence-corrected chi connectivity index (χ0v) is 10.5. The van der Waals surface area contributed by atoms with Crippen molar-refractivity contribution in [2.75, 3.05) is 27.2 Å². The zero-order valence-electron chi connectivity index (χ0n) is 10.5. The second-order valence-corrected chi connectivity index (χ2v) is 3.90. The number of carbonyl (C=O) groups is 2. The molecule has 0 radical (unpaired) electrons. The molecule has 0 fully saturated rings. The van der Waals surface area contributed by atoms with Gasteiger partial charge in [0.1, 0.15) is 0 Å². The average Bonchev–Trinajstić information content (AvgIpc) is 2.31. The van der Waals surface area contributed by atoms with Crippen LogP contribution in [-0.4, -0.2) is 43.9 Å². The third-order valence-corrected chi connectivity index (χ3v) is 2.60. The van der Waals surface area contributed by atoms with E-state index in [9.17, 15) is 9.59 Å². The fourth-order valence-electron chi connectivity index (χ4n) is 1.51. The molecule has 1 atom stereocenters. The topological polar surface area (TPSA) is 75.4 Å². The van der Waals surface area contributed by atoms with Crippen molar-refractivity contribution in [2.24, 2.45) is 11.7 Å². The predicted octanol–water partition coefficient (Wildman–Crippen LogP) is -0.0441. The summed E-state index contributed by atoms with van der Waals surface area (Å²) in [6.07, 6.45) is 2.08. The van der Waals surface area contributed by atoms with Crippen molar-refractivity contribution < 1.29 is 9.59 Å². The van der Waals surface area contributed by atoms with E-state index in [1.165, 1.54) is 0 Å². The maximum atomic E-state index is 11.9.